The van der Waals surface area contributed by atoms with Gasteiger partial charge < -0.3 is 0 Å². The second kappa shape index (κ2) is 18.4. The fourth-order valence-corrected chi connectivity index (χ4v) is 18.7. The highest BCUT2D eigenvalue weighted by atomic mass is 28.4. The quantitative estimate of drug-likeness (QED) is 0.0475. The SMILES string of the molecule is CC[Si]c1cccc([Si](OO[Si](c2ccccc2)(c2ccccc2)c2cccc([Si]CC)c2-c2ccccc2)(c2ccccc2)c2ccccc2)c1-c1ccccc1. The van der Waals surface area contributed by atoms with Gasteiger partial charge in [0.2, 0.25) is 0 Å². The van der Waals surface area contributed by atoms with E-state index in [2.05, 4.69) is 232 Å². The Morgan fingerprint density at radius 2 is 0.603 bits per heavy atom. The molecule has 0 aliphatic rings. The van der Waals surface area contributed by atoms with Gasteiger partial charge in [-0.2, -0.15) is 0 Å². The normalized spacial score (nSPS) is 11.7. The van der Waals surface area contributed by atoms with Crippen LogP contribution in [-0.2, 0) is 9.15 Å². The van der Waals surface area contributed by atoms with Crippen LogP contribution in [0.2, 0.25) is 12.1 Å². The lowest BCUT2D eigenvalue weighted by molar-refractivity contribution is -0.112. The summed E-state index contributed by atoms with van der Waals surface area (Å²) in [5.41, 5.74) is 4.87. The Kier molecular flexibility index (Phi) is 12.5. The molecular weight excluding hydrogens is 769 g/mol. The van der Waals surface area contributed by atoms with Crippen molar-refractivity contribution in [1.29, 1.82) is 0 Å². The molecule has 282 valence electrons. The molecule has 0 saturated carbocycles. The third-order valence-corrected chi connectivity index (χ3v) is 20.8. The summed E-state index contributed by atoms with van der Waals surface area (Å²) in [7, 11) is -5.77. The lowest BCUT2D eigenvalue weighted by atomic mass is 10.1. The molecule has 8 aromatic rings. The number of rotatable bonds is 15. The van der Waals surface area contributed by atoms with E-state index < -0.39 is 16.6 Å². The van der Waals surface area contributed by atoms with Crippen LogP contribution in [0.4, 0.5) is 0 Å². The molecule has 6 heteroatoms. The van der Waals surface area contributed by atoms with Crippen molar-refractivity contribution in [2.45, 2.75) is 25.9 Å². The molecule has 8 rings (SSSR count). The first-order valence-corrected chi connectivity index (χ1v) is 26.4. The van der Waals surface area contributed by atoms with Crippen molar-refractivity contribution in [2.75, 3.05) is 0 Å². The highest BCUT2D eigenvalue weighted by Crippen LogP contribution is 2.25. The van der Waals surface area contributed by atoms with Crippen LogP contribution in [0, 0.1) is 0 Å². The predicted molar refractivity (Wildman–Crippen MR) is 253 cm³/mol. The molecule has 0 amide bonds. The molecule has 2 nitrogen and oxygen atoms in total. The Balaban J connectivity index is 1.49. The van der Waals surface area contributed by atoms with Crippen LogP contribution >= 0.6 is 0 Å². The molecule has 58 heavy (non-hydrogen) atoms. The zero-order chi connectivity index (χ0) is 39.6. The highest BCUT2D eigenvalue weighted by molar-refractivity contribution is 7.10. The molecule has 0 aliphatic carbocycles. The fraction of sp³-hybridized carbons (Fsp3) is 0.0769. The van der Waals surface area contributed by atoms with Gasteiger partial charge in [0, 0.05) is 0 Å². The van der Waals surface area contributed by atoms with Crippen LogP contribution < -0.4 is 41.5 Å². The van der Waals surface area contributed by atoms with Gasteiger partial charge in [-0.25, -0.2) is 0 Å². The van der Waals surface area contributed by atoms with E-state index in [1.165, 1.54) is 43.0 Å². The fourth-order valence-electron chi connectivity index (χ4n) is 8.25. The molecule has 0 unspecified atom stereocenters. The van der Waals surface area contributed by atoms with Gasteiger partial charge in [0.05, 0.1) is 19.0 Å². The van der Waals surface area contributed by atoms with Crippen molar-refractivity contribution >= 4 is 77.2 Å². The molecule has 0 heterocycles. The lowest BCUT2D eigenvalue weighted by Crippen LogP contribution is -2.75. The minimum Gasteiger partial charge on any atom is -0.279 e. The average molecular weight is 815 g/mol. The van der Waals surface area contributed by atoms with E-state index in [0.29, 0.717) is 19.0 Å². The molecule has 0 aliphatic heterocycles. The molecule has 0 spiro atoms. The third-order valence-electron chi connectivity index (χ3n) is 10.8. The van der Waals surface area contributed by atoms with Gasteiger partial charge in [-0.3, -0.25) is 9.15 Å². The number of hydrogen-bond acceptors (Lipinski definition) is 2. The first-order valence-electron chi connectivity index (χ1n) is 20.1. The lowest BCUT2D eigenvalue weighted by Gasteiger charge is -2.40. The molecule has 0 atom stereocenters. The summed E-state index contributed by atoms with van der Waals surface area (Å²) in [6.07, 6.45) is 0. The summed E-state index contributed by atoms with van der Waals surface area (Å²) in [5.74, 6) is 0. The van der Waals surface area contributed by atoms with Gasteiger partial charge in [-0.1, -0.05) is 255 Å². The second-order valence-electron chi connectivity index (χ2n) is 14.2. The van der Waals surface area contributed by atoms with Crippen LogP contribution in [-0.4, -0.2) is 35.7 Å². The topological polar surface area (TPSA) is 18.5 Å². The van der Waals surface area contributed by atoms with Crippen LogP contribution in [0.15, 0.2) is 218 Å². The summed E-state index contributed by atoms with van der Waals surface area (Å²) < 4.78 is 15.8. The van der Waals surface area contributed by atoms with Crippen molar-refractivity contribution in [3.8, 4) is 22.3 Å². The van der Waals surface area contributed by atoms with Crippen LogP contribution in [0.3, 0.4) is 0 Å². The maximum absolute atomic E-state index is 7.91. The Bertz CT molecular complexity index is 2260. The Hall–Kier alpha value is -5.45. The first-order chi connectivity index (χ1) is 28.7. The van der Waals surface area contributed by atoms with E-state index in [1.54, 1.807) is 0 Å². The smallest absolute Gasteiger partial charge is 0.279 e. The second-order valence-corrected chi connectivity index (χ2v) is 23.9. The van der Waals surface area contributed by atoms with Crippen molar-refractivity contribution in [3.63, 3.8) is 0 Å². The van der Waals surface area contributed by atoms with E-state index in [9.17, 15) is 0 Å². The standard InChI is InChI=1S/C52H46O2Si4/c1-3-55-47-37-23-39-49(51(47)41-25-11-5-12-26-41)57(43-29-15-7-16-30-43,44-31-17-8-18-32-44)53-54-58(45-33-19-9-20-34-45,46-35-21-10-22-36-46)50-40-24-38-48(56-4-2)52(50)42-27-13-6-14-28-42/h5-40H,3-4H2,1-2H3. The third kappa shape index (κ3) is 7.63. The molecule has 4 radical (unpaired) electrons. The van der Waals surface area contributed by atoms with Crippen molar-refractivity contribution in [1.82, 2.24) is 0 Å². The van der Waals surface area contributed by atoms with Gasteiger partial charge in [-0.05, 0) is 53.4 Å². The molecule has 0 fully saturated rings. The van der Waals surface area contributed by atoms with Gasteiger partial charge in [0.25, 0.3) is 0 Å². The summed E-state index contributed by atoms with van der Waals surface area (Å²) >= 11 is 0. The van der Waals surface area contributed by atoms with Crippen molar-refractivity contribution in [3.05, 3.63) is 218 Å². The maximum atomic E-state index is 7.91. The van der Waals surface area contributed by atoms with E-state index in [0.717, 1.165) is 32.8 Å². The van der Waals surface area contributed by atoms with Gasteiger partial charge >= 0.3 is 16.6 Å². The van der Waals surface area contributed by atoms with Gasteiger partial charge in [-0.15, -0.1) is 0 Å². The molecule has 0 bridgehead atoms. The first kappa shape index (κ1) is 39.4. The molecule has 0 aromatic heterocycles. The Morgan fingerprint density at radius 1 is 0.328 bits per heavy atom. The number of benzene rings is 8. The summed E-state index contributed by atoms with van der Waals surface area (Å²) in [4.78, 5) is 0. The van der Waals surface area contributed by atoms with Crippen LogP contribution in [0.25, 0.3) is 22.3 Å². The van der Waals surface area contributed by atoms with E-state index in [-0.39, 0.29) is 0 Å². The van der Waals surface area contributed by atoms with Gasteiger partial charge in [0.15, 0.2) is 0 Å². The van der Waals surface area contributed by atoms with E-state index >= 15 is 0 Å². The predicted octanol–water partition coefficient (Wildman–Crippen LogP) is 7.14. The largest absolute Gasteiger partial charge is 0.330 e. The van der Waals surface area contributed by atoms with Crippen molar-refractivity contribution < 1.29 is 9.15 Å². The average Bonchev–Trinajstić information content (AvgIpc) is 3.30. The summed E-state index contributed by atoms with van der Waals surface area (Å²) in [6, 6.07) is 81.1. The minimum absolute atomic E-state index is 0.642. The molecule has 8 aromatic carbocycles. The zero-order valence-electron chi connectivity index (χ0n) is 33.0. The zero-order valence-corrected chi connectivity index (χ0v) is 37.0. The van der Waals surface area contributed by atoms with Gasteiger partial charge in [0.1, 0.15) is 0 Å². The van der Waals surface area contributed by atoms with Crippen LogP contribution in [0.1, 0.15) is 13.8 Å². The molecule has 0 saturated heterocycles. The number of hydrogen-bond donors (Lipinski definition) is 0. The van der Waals surface area contributed by atoms with E-state index in [4.69, 9.17) is 9.15 Å². The molecule has 0 N–H and O–H groups in total. The Morgan fingerprint density at radius 3 is 0.879 bits per heavy atom. The molecular formula is C52H46O2Si4. The summed E-state index contributed by atoms with van der Waals surface area (Å²) in [6.45, 7) is 4.55. The Labute approximate surface area is 351 Å². The monoisotopic (exact) mass is 814 g/mol. The highest BCUT2D eigenvalue weighted by Gasteiger charge is 2.52. The van der Waals surface area contributed by atoms with E-state index in [1.807, 2.05) is 0 Å². The maximum Gasteiger partial charge on any atom is 0.330 e. The minimum atomic E-state index is -3.53. The van der Waals surface area contributed by atoms with Crippen LogP contribution in [0.5, 0.6) is 0 Å². The van der Waals surface area contributed by atoms with Crippen molar-refractivity contribution in [2.24, 2.45) is 0 Å². The summed E-state index contributed by atoms with van der Waals surface area (Å²) in [5, 5.41) is 9.56.